The largest absolute Gasteiger partial charge is 0.493 e. The van der Waals surface area contributed by atoms with Crippen molar-refractivity contribution in [3.8, 4) is 23.1 Å². The summed E-state index contributed by atoms with van der Waals surface area (Å²) in [5.74, 6) is 2.04. The van der Waals surface area contributed by atoms with E-state index in [1.165, 1.54) is 0 Å². The number of methoxy groups -OCH3 is 2. The average molecular weight is 430 g/mol. The number of hydrogen-bond acceptors (Lipinski definition) is 6. The first-order valence-electron chi connectivity index (χ1n) is 8.56. The maximum absolute atomic E-state index is 12.0. The van der Waals surface area contributed by atoms with E-state index in [4.69, 9.17) is 14.2 Å². The minimum atomic E-state index is -0.0800. The van der Waals surface area contributed by atoms with Gasteiger partial charge in [-0.15, -0.1) is 24.8 Å². The SMILES string of the molecule is COc1cccc(OC)c1Oc1ccc(CNC(=O)C2CCCN2)cn1.Cl.Cl. The zero-order valence-electron chi connectivity index (χ0n) is 15.8. The first-order chi connectivity index (χ1) is 12.7. The Hall–Kier alpha value is -2.22. The molecule has 1 fully saturated rings. The highest BCUT2D eigenvalue weighted by molar-refractivity contribution is 5.85. The number of hydrogen-bond donors (Lipinski definition) is 2. The number of benzene rings is 1. The minimum absolute atomic E-state index is 0. The van der Waals surface area contributed by atoms with Crippen LogP contribution in [-0.2, 0) is 11.3 Å². The number of halogens is 2. The van der Waals surface area contributed by atoms with Crippen molar-refractivity contribution in [1.29, 1.82) is 0 Å². The molecule has 1 aliphatic rings. The molecule has 1 aliphatic heterocycles. The standard InChI is InChI=1S/C19H23N3O4.2ClH/c1-24-15-6-3-7-16(25-2)18(15)26-17-9-8-13(11-21-17)12-22-19(23)14-5-4-10-20-14;;/h3,6-9,11,14,20H,4-5,10,12H2,1-2H3,(H,22,23);2*1H. The molecule has 9 heteroatoms. The number of amides is 1. The monoisotopic (exact) mass is 429 g/mol. The van der Waals surface area contributed by atoms with Gasteiger partial charge in [0.15, 0.2) is 11.5 Å². The van der Waals surface area contributed by atoms with Crippen LogP contribution in [0.25, 0.3) is 0 Å². The summed E-state index contributed by atoms with van der Waals surface area (Å²) in [5.41, 5.74) is 0.899. The number of carbonyl (C=O) groups is 1. The normalized spacial score (nSPS) is 15.0. The molecule has 0 saturated carbocycles. The topological polar surface area (TPSA) is 81.7 Å². The molecule has 3 rings (SSSR count). The number of rotatable bonds is 7. The second-order valence-electron chi connectivity index (χ2n) is 5.97. The van der Waals surface area contributed by atoms with Crippen molar-refractivity contribution < 1.29 is 19.0 Å². The molecule has 7 nitrogen and oxygen atoms in total. The molecule has 2 N–H and O–H groups in total. The number of nitrogens with one attached hydrogen (secondary N) is 2. The van der Waals surface area contributed by atoms with Gasteiger partial charge in [0.2, 0.25) is 17.5 Å². The maximum Gasteiger partial charge on any atom is 0.237 e. The van der Waals surface area contributed by atoms with Crippen molar-refractivity contribution in [3.05, 3.63) is 42.1 Å². The van der Waals surface area contributed by atoms with Gasteiger partial charge in [-0.25, -0.2) is 4.98 Å². The van der Waals surface area contributed by atoms with E-state index in [2.05, 4.69) is 15.6 Å². The lowest BCUT2D eigenvalue weighted by Gasteiger charge is -2.13. The smallest absolute Gasteiger partial charge is 0.237 e. The van der Waals surface area contributed by atoms with Crippen molar-refractivity contribution in [2.24, 2.45) is 0 Å². The Kier molecular flexibility index (Phi) is 9.85. The second kappa shape index (κ2) is 11.6. The molecule has 0 spiro atoms. The first kappa shape index (κ1) is 23.8. The summed E-state index contributed by atoms with van der Waals surface area (Å²) in [6.07, 6.45) is 3.61. The van der Waals surface area contributed by atoms with Gasteiger partial charge in [0, 0.05) is 18.8 Å². The van der Waals surface area contributed by atoms with Crippen LogP contribution in [0.15, 0.2) is 36.5 Å². The molecule has 1 aromatic heterocycles. The number of carbonyl (C=O) groups excluding carboxylic acids is 1. The van der Waals surface area contributed by atoms with Crippen molar-refractivity contribution in [2.75, 3.05) is 20.8 Å². The van der Waals surface area contributed by atoms with Crippen molar-refractivity contribution >= 4 is 30.7 Å². The Morgan fingerprint density at radius 1 is 1.18 bits per heavy atom. The third kappa shape index (κ3) is 5.89. The van der Waals surface area contributed by atoms with E-state index in [0.29, 0.717) is 29.7 Å². The molecule has 154 valence electrons. The third-order valence-corrected chi connectivity index (χ3v) is 4.23. The lowest BCUT2D eigenvalue weighted by Crippen LogP contribution is -2.40. The lowest BCUT2D eigenvalue weighted by atomic mass is 10.2. The highest BCUT2D eigenvalue weighted by Crippen LogP contribution is 2.39. The van der Waals surface area contributed by atoms with Crippen LogP contribution in [-0.4, -0.2) is 37.7 Å². The van der Waals surface area contributed by atoms with Crippen LogP contribution in [0, 0.1) is 0 Å². The van der Waals surface area contributed by atoms with Crippen LogP contribution >= 0.6 is 24.8 Å². The summed E-state index contributed by atoms with van der Waals surface area (Å²) in [6.45, 7) is 1.33. The van der Waals surface area contributed by atoms with E-state index in [0.717, 1.165) is 24.9 Å². The predicted molar refractivity (Wildman–Crippen MR) is 111 cm³/mol. The van der Waals surface area contributed by atoms with Crippen molar-refractivity contribution in [3.63, 3.8) is 0 Å². The molecule has 1 aromatic carbocycles. The van der Waals surface area contributed by atoms with E-state index in [9.17, 15) is 4.79 Å². The number of pyridine rings is 1. The molecule has 1 saturated heterocycles. The maximum atomic E-state index is 12.0. The fraction of sp³-hybridized carbons (Fsp3) is 0.368. The van der Waals surface area contributed by atoms with Crippen LogP contribution in [0.3, 0.4) is 0 Å². The summed E-state index contributed by atoms with van der Waals surface area (Å²) < 4.78 is 16.4. The van der Waals surface area contributed by atoms with E-state index >= 15 is 0 Å². The average Bonchev–Trinajstić information content (AvgIpc) is 3.22. The molecule has 1 amide bonds. The molecule has 2 aromatic rings. The van der Waals surface area contributed by atoms with E-state index in [-0.39, 0.29) is 36.8 Å². The molecule has 1 unspecified atom stereocenters. The van der Waals surface area contributed by atoms with Crippen LogP contribution in [0.5, 0.6) is 23.1 Å². The number of para-hydroxylation sites is 1. The van der Waals surface area contributed by atoms with Gasteiger partial charge < -0.3 is 24.8 Å². The van der Waals surface area contributed by atoms with Gasteiger partial charge in [-0.3, -0.25) is 4.79 Å². The van der Waals surface area contributed by atoms with E-state index in [1.54, 1.807) is 38.6 Å². The summed E-state index contributed by atoms with van der Waals surface area (Å²) in [6, 6.07) is 8.94. The molecule has 1 atom stereocenters. The summed E-state index contributed by atoms with van der Waals surface area (Å²) >= 11 is 0. The Bertz CT molecular complexity index is 731. The molecule has 0 bridgehead atoms. The van der Waals surface area contributed by atoms with Gasteiger partial charge in [-0.1, -0.05) is 12.1 Å². The van der Waals surface area contributed by atoms with Crippen LogP contribution in [0.4, 0.5) is 0 Å². The molecular formula is C19H25Cl2N3O4. The lowest BCUT2D eigenvalue weighted by molar-refractivity contribution is -0.122. The van der Waals surface area contributed by atoms with Gasteiger partial charge in [-0.2, -0.15) is 0 Å². The van der Waals surface area contributed by atoms with Crippen LogP contribution in [0.2, 0.25) is 0 Å². The van der Waals surface area contributed by atoms with E-state index in [1.807, 2.05) is 12.1 Å². The summed E-state index contributed by atoms with van der Waals surface area (Å²) in [4.78, 5) is 16.3. The first-order valence-corrected chi connectivity index (χ1v) is 8.56. The molecule has 0 radical (unpaired) electrons. The Morgan fingerprint density at radius 3 is 2.43 bits per heavy atom. The molecule has 0 aliphatic carbocycles. The van der Waals surface area contributed by atoms with Gasteiger partial charge in [0.1, 0.15) is 0 Å². The van der Waals surface area contributed by atoms with E-state index < -0.39 is 0 Å². The zero-order chi connectivity index (χ0) is 18.4. The Labute approximate surface area is 177 Å². The third-order valence-electron chi connectivity index (χ3n) is 4.23. The van der Waals surface area contributed by atoms with Crippen LogP contribution in [0.1, 0.15) is 18.4 Å². The van der Waals surface area contributed by atoms with Gasteiger partial charge in [-0.05, 0) is 37.1 Å². The van der Waals surface area contributed by atoms with Gasteiger partial charge >= 0.3 is 0 Å². The minimum Gasteiger partial charge on any atom is -0.493 e. The zero-order valence-corrected chi connectivity index (χ0v) is 17.4. The van der Waals surface area contributed by atoms with Crippen LogP contribution < -0.4 is 24.8 Å². The fourth-order valence-corrected chi connectivity index (χ4v) is 2.82. The fourth-order valence-electron chi connectivity index (χ4n) is 2.82. The number of ether oxygens (including phenoxy) is 3. The predicted octanol–water partition coefficient (Wildman–Crippen LogP) is 3.10. The summed E-state index contributed by atoms with van der Waals surface area (Å²) in [7, 11) is 3.14. The number of aromatic nitrogens is 1. The van der Waals surface area contributed by atoms with Gasteiger partial charge in [0.05, 0.1) is 20.3 Å². The second-order valence-corrected chi connectivity index (χ2v) is 5.97. The van der Waals surface area contributed by atoms with Crippen molar-refractivity contribution in [2.45, 2.75) is 25.4 Å². The van der Waals surface area contributed by atoms with Crippen molar-refractivity contribution in [1.82, 2.24) is 15.6 Å². The Balaban J connectivity index is 0.00000196. The highest BCUT2D eigenvalue weighted by Gasteiger charge is 2.21. The molecular weight excluding hydrogens is 405 g/mol. The Morgan fingerprint density at radius 2 is 1.89 bits per heavy atom. The highest BCUT2D eigenvalue weighted by atomic mass is 35.5. The number of nitrogens with zero attached hydrogens (tertiary/aromatic N) is 1. The van der Waals surface area contributed by atoms with Gasteiger partial charge in [0.25, 0.3) is 0 Å². The molecule has 2 heterocycles. The quantitative estimate of drug-likeness (QED) is 0.703. The summed E-state index contributed by atoms with van der Waals surface area (Å²) in [5, 5.41) is 6.10. The molecule has 28 heavy (non-hydrogen) atoms.